The molecule has 7 heteroatoms. The number of nitrogens with one attached hydrogen (secondary N) is 1. The highest BCUT2D eigenvalue weighted by atomic mass is 32.1. The number of ether oxygens (including phenoxy) is 4. The maximum atomic E-state index is 5.45. The summed E-state index contributed by atoms with van der Waals surface area (Å²) in [5.74, 6) is 3.01. The summed E-state index contributed by atoms with van der Waals surface area (Å²) in [6.45, 7) is 3.07. The first-order chi connectivity index (χ1) is 13.7. The summed E-state index contributed by atoms with van der Waals surface area (Å²) in [4.78, 5) is 4.75. The van der Waals surface area contributed by atoms with Crippen LogP contribution in [0.4, 0.5) is 0 Å². The number of rotatable bonds is 7. The Morgan fingerprint density at radius 3 is 2.71 bits per heavy atom. The van der Waals surface area contributed by atoms with E-state index < -0.39 is 0 Å². The summed E-state index contributed by atoms with van der Waals surface area (Å²) in [5.41, 5.74) is 3.17. The van der Waals surface area contributed by atoms with E-state index in [2.05, 4.69) is 17.6 Å². The van der Waals surface area contributed by atoms with Gasteiger partial charge in [0.05, 0.1) is 19.9 Å². The predicted octanol–water partition coefficient (Wildman–Crippen LogP) is 4.41. The van der Waals surface area contributed by atoms with Gasteiger partial charge in [-0.2, -0.15) is 0 Å². The lowest BCUT2D eigenvalue weighted by atomic mass is 10.1. The van der Waals surface area contributed by atoms with Gasteiger partial charge in [-0.1, -0.05) is 6.07 Å². The van der Waals surface area contributed by atoms with Crippen LogP contribution >= 0.6 is 11.3 Å². The Hall–Kier alpha value is -2.77. The molecule has 0 saturated heterocycles. The molecule has 0 aliphatic carbocycles. The molecule has 28 heavy (non-hydrogen) atoms. The third-order valence-corrected chi connectivity index (χ3v) is 5.61. The molecule has 3 aromatic rings. The molecule has 1 atom stereocenters. The fourth-order valence-electron chi connectivity index (χ4n) is 3.05. The van der Waals surface area contributed by atoms with Crippen molar-refractivity contribution in [3.05, 3.63) is 53.0 Å². The van der Waals surface area contributed by atoms with Crippen LogP contribution in [0.1, 0.15) is 24.2 Å². The Morgan fingerprint density at radius 2 is 1.89 bits per heavy atom. The molecule has 1 aliphatic heterocycles. The van der Waals surface area contributed by atoms with Crippen molar-refractivity contribution in [3.63, 3.8) is 0 Å². The van der Waals surface area contributed by atoms with Gasteiger partial charge < -0.3 is 24.3 Å². The number of benzene rings is 2. The van der Waals surface area contributed by atoms with Crippen LogP contribution in [-0.2, 0) is 6.54 Å². The van der Waals surface area contributed by atoms with E-state index in [1.54, 1.807) is 25.6 Å². The third-order valence-electron chi connectivity index (χ3n) is 4.67. The summed E-state index contributed by atoms with van der Waals surface area (Å²) in [5, 5.41) is 6.56. The summed E-state index contributed by atoms with van der Waals surface area (Å²) in [6.07, 6.45) is 0. The zero-order valence-electron chi connectivity index (χ0n) is 16.0. The molecule has 0 amide bonds. The largest absolute Gasteiger partial charge is 0.493 e. The number of hydrogen-bond donors (Lipinski definition) is 1. The van der Waals surface area contributed by atoms with Crippen molar-refractivity contribution in [1.29, 1.82) is 0 Å². The molecule has 1 unspecified atom stereocenters. The van der Waals surface area contributed by atoms with Crippen LogP contribution in [-0.4, -0.2) is 26.0 Å². The van der Waals surface area contributed by atoms with Gasteiger partial charge >= 0.3 is 0 Å². The smallest absolute Gasteiger partial charge is 0.231 e. The van der Waals surface area contributed by atoms with Gasteiger partial charge in [0, 0.05) is 23.5 Å². The van der Waals surface area contributed by atoms with E-state index in [9.17, 15) is 0 Å². The lowest BCUT2D eigenvalue weighted by Crippen LogP contribution is -2.18. The topological polar surface area (TPSA) is 61.8 Å². The Kier molecular flexibility index (Phi) is 5.36. The number of aromatic nitrogens is 1. The molecule has 1 aromatic heterocycles. The standard InChI is InChI=1S/C21H22N2O4S/c1-13(14-4-6-17(24-2)19(8-14)25-3)22-10-16-11-28-21(23-16)15-5-7-18-20(9-15)27-12-26-18/h4-9,11,13,22H,10,12H2,1-3H3. The zero-order valence-corrected chi connectivity index (χ0v) is 16.8. The van der Waals surface area contributed by atoms with Crippen molar-refractivity contribution in [2.24, 2.45) is 0 Å². The van der Waals surface area contributed by atoms with E-state index in [1.807, 2.05) is 36.4 Å². The first-order valence-electron chi connectivity index (χ1n) is 8.97. The molecule has 0 spiro atoms. The molecule has 0 radical (unpaired) electrons. The van der Waals surface area contributed by atoms with Crippen molar-refractivity contribution in [1.82, 2.24) is 10.3 Å². The second-order valence-electron chi connectivity index (χ2n) is 6.43. The normalized spacial score (nSPS) is 13.4. The number of fused-ring (bicyclic) bond motifs is 1. The fraction of sp³-hybridized carbons (Fsp3) is 0.286. The Morgan fingerprint density at radius 1 is 1.07 bits per heavy atom. The van der Waals surface area contributed by atoms with Crippen molar-refractivity contribution >= 4 is 11.3 Å². The van der Waals surface area contributed by atoms with Crippen LogP contribution in [0.2, 0.25) is 0 Å². The lowest BCUT2D eigenvalue weighted by molar-refractivity contribution is 0.174. The highest BCUT2D eigenvalue weighted by Gasteiger charge is 2.16. The van der Waals surface area contributed by atoms with Crippen LogP contribution < -0.4 is 24.3 Å². The predicted molar refractivity (Wildman–Crippen MR) is 108 cm³/mol. The SMILES string of the molecule is COc1ccc(C(C)NCc2csc(-c3ccc4c(c3)OCO4)n2)cc1OC. The van der Waals surface area contributed by atoms with Crippen LogP contribution in [0, 0.1) is 0 Å². The molecule has 0 fully saturated rings. The minimum Gasteiger partial charge on any atom is -0.493 e. The summed E-state index contributed by atoms with van der Waals surface area (Å²) in [6, 6.07) is 12.0. The van der Waals surface area contributed by atoms with Gasteiger partial charge in [0.15, 0.2) is 23.0 Å². The molecule has 4 rings (SSSR count). The van der Waals surface area contributed by atoms with Crippen molar-refractivity contribution < 1.29 is 18.9 Å². The summed E-state index contributed by atoms with van der Waals surface area (Å²) in [7, 11) is 3.28. The molecular weight excluding hydrogens is 376 g/mol. The quantitative estimate of drug-likeness (QED) is 0.636. The van der Waals surface area contributed by atoms with E-state index in [0.29, 0.717) is 6.54 Å². The van der Waals surface area contributed by atoms with E-state index in [4.69, 9.17) is 23.9 Å². The molecule has 0 saturated carbocycles. The van der Waals surface area contributed by atoms with Gasteiger partial charge in [0.1, 0.15) is 5.01 Å². The van der Waals surface area contributed by atoms with Crippen LogP contribution in [0.15, 0.2) is 41.8 Å². The average Bonchev–Trinajstić information content (AvgIpc) is 3.40. The minimum atomic E-state index is 0.149. The van der Waals surface area contributed by atoms with Gasteiger partial charge in [-0.15, -0.1) is 11.3 Å². The van der Waals surface area contributed by atoms with Gasteiger partial charge in [-0.25, -0.2) is 4.98 Å². The average molecular weight is 398 g/mol. The number of thiazole rings is 1. The molecule has 0 bridgehead atoms. The van der Waals surface area contributed by atoms with Crippen LogP contribution in [0.3, 0.4) is 0 Å². The molecule has 2 heterocycles. The van der Waals surface area contributed by atoms with Gasteiger partial charge in [0.2, 0.25) is 6.79 Å². The van der Waals surface area contributed by atoms with Crippen LogP contribution in [0.25, 0.3) is 10.6 Å². The Labute approximate surface area is 168 Å². The van der Waals surface area contributed by atoms with Crippen LogP contribution in [0.5, 0.6) is 23.0 Å². The summed E-state index contributed by atoms with van der Waals surface area (Å²) < 4.78 is 21.5. The lowest BCUT2D eigenvalue weighted by Gasteiger charge is -2.16. The van der Waals surface area contributed by atoms with Crippen molar-refractivity contribution in [2.75, 3.05) is 21.0 Å². The van der Waals surface area contributed by atoms with E-state index in [1.165, 1.54) is 0 Å². The first-order valence-corrected chi connectivity index (χ1v) is 9.85. The third kappa shape index (κ3) is 3.76. The second kappa shape index (κ2) is 8.08. The molecule has 2 aromatic carbocycles. The fourth-order valence-corrected chi connectivity index (χ4v) is 3.86. The molecule has 1 aliphatic rings. The van der Waals surface area contributed by atoms with Gasteiger partial charge in [0.25, 0.3) is 0 Å². The second-order valence-corrected chi connectivity index (χ2v) is 7.29. The minimum absolute atomic E-state index is 0.149. The van der Waals surface area contributed by atoms with E-state index >= 15 is 0 Å². The highest BCUT2D eigenvalue weighted by molar-refractivity contribution is 7.13. The molecule has 146 valence electrons. The number of nitrogens with zero attached hydrogens (tertiary/aromatic N) is 1. The zero-order chi connectivity index (χ0) is 19.5. The van der Waals surface area contributed by atoms with Gasteiger partial charge in [-0.05, 0) is 42.8 Å². The maximum Gasteiger partial charge on any atom is 0.231 e. The molecule has 1 N–H and O–H groups in total. The maximum absolute atomic E-state index is 5.45. The Balaban J connectivity index is 1.42. The Bertz CT molecular complexity index is 973. The van der Waals surface area contributed by atoms with Crippen molar-refractivity contribution in [2.45, 2.75) is 19.5 Å². The van der Waals surface area contributed by atoms with E-state index in [0.717, 1.165) is 44.8 Å². The highest BCUT2D eigenvalue weighted by Crippen LogP contribution is 2.36. The first kappa shape index (κ1) is 18.6. The molecular formula is C21H22N2O4S. The summed E-state index contributed by atoms with van der Waals surface area (Å²) >= 11 is 1.62. The number of hydrogen-bond acceptors (Lipinski definition) is 7. The van der Waals surface area contributed by atoms with Gasteiger partial charge in [-0.3, -0.25) is 0 Å². The number of methoxy groups -OCH3 is 2. The monoisotopic (exact) mass is 398 g/mol. The molecule has 6 nitrogen and oxygen atoms in total. The van der Waals surface area contributed by atoms with Crippen molar-refractivity contribution in [3.8, 4) is 33.6 Å². The van der Waals surface area contributed by atoms with E-state index in [-0.39, 0.29) is 12.8 Å².